The van der Waals surface area contributed by atoms with Gasteiger partial charge in [0.25, 0.3) is 0 Å². The highest BCUT2D eigenvalue weighted by Crippen LogP contribution is 2.48. The molecule has 2 N–H and O–H groups in total. The third-order valence-electron chi connectivity index (χ3n) is 6.91. The van der Waals surface area contributed by atoms with Crippen LogP contribution in [0.5, 0.6) is 0 Å². The van der Waals surface area contributed by atoms with Crippen LogP contribution in [0.3, 0.4) is 0 Å². The average molecular weight is 389 g/mol. The van der Waals surface area contributed by atoms with Crippen LogP contribution in [-0.4, -0.2) is 36.0 Å². The molecule has 0 spiro atoms. The van der Waals surface area contributed by atoms with Crippen LogP contribution in [0.15, 0.2) is 41.1 Å². The first-order valence-electron chi connectivity index (χ1n) is 10.2. The third kappa shape index (κ3) is 2.64. The fourth-order valence-corrected chi connectivity index (χ4v) is 4.98. The van der Waals surface area contributed by atoms with E-state index >= 15 is 0 Å². The molecule has 3 heterocycles. The summed E-state index contributed by atoms with van der Waals surface area (Å²) < 4.78 is 7.22. The van der Waals surface area contributed by atoms with Gasteiger partial charge in [0.15, 0.2) is 11.2 Å². The lowest BCUT2D eigenvalue weighted by atomic mass is 9.63. The number of imidazole rings is 1. The van der Waals surface area contributed by atoms with E-state index in [0.29, 0.717) is 0 Å². The molecule has 7 nitrogen and oxygen atoms in total. The van der Waals surface area contributed by atoms with E-state index in [-0.39, 0.29) is 5.54 Å². The minimum absolute atomic E-state index is 0.0460. The summed E-state index contributed by atoms with van der Waals surface area (Å²) in [6, 6.07) is 10.0. The van der Waals surface area contributed by atoms with Crippen molar-refractivity contribution in [1.29, 1.82) is 0 Å². The van der Waals surface area contributed by atoms with Crippen molar-refractivity contribution in [2.45, 2.75) is 56.6 Å². The van der Waals surface area contributed by atoms with Crippen LogP contribution in [0.25, 0.3) is 27.9 Å². The molecular weight excluding hydrogens is 366 g/mol. The van der Waals surface area contributed by atoms with Gasteiger partial charge in [-0.15, -0.1) is 5.10 Å². The Labute approximate surface area is 167 Å². The van der Waals surface area contributed by atoms with Crippen LogP contribution >= 0.6 is 0 Å². The standard InChI is InChI=1S/C22H23N5O2/c1-14-16-12-15(2-3-18(16)29-26-14)17-13-23-20-5-4-19(25-27(17)20)24-21-6-9-22(28,10-7-21)11-8-21/h2-5,12-13,28H,6-11H2,1H3,(H,24,25). The smallest absolute Gasteiger partial charge is 0.167 e. The summed E-state index contributed by atoms with van der Waals surface area (Å²) in [5.41, 5.74) is 4.04. The SMILES string of the molecule is Cc1noc2ccc(-c3cnc4ccc(NC56CCC(O)(CC5)CC6)nn34)cc12. The third-order valence-corrected chi connectivity index (χ3v) is 6.91. The van der Waals surface area contributed by atoms with Gasteiger partial charge in [-0.25, -0.2) is 9.50 Å². The molecule has 3 aliphatic rings. The van der Waals surface area contributed by atoms with E-state index in [0.717, 1.165) is 77.9 Å². The maximum Gasteiger partial charge on any atom is 0.167 e. The topological polar surface area (TPSA) is 88.5 Å². The molecule has 0 aliphatic heterocycles. The molecule has 0 saturated heterocycles. The number of hydrogen-bond donors (Lipinski definition) is 2. The van der Waals surface area contributed by atoms with Crippen molar-refractivity contribution in [2.24, 2.45) is 0 Å². The van der Waals surface area contributed by atoms with Crippen LogP contribution in [0.1, 0.15) is 44.2 Å². The highest BCUT2D eigenvalue weighted by Gasteiger charge is 2.47. The van der Waals surface area contributed by atoms with Crippen molar-refractivity contribution in [3.8, 4) is 11.3 Å². The minimum atomic E-state index is -0.433. The molecule has 3 saturated carbocycles. The predicted octanol–water partition coefficient (Wildman–Crippen LogP) is 4.10. The van der Waals surface area contributed by atoms with Crippen LogP contribution < -0.4 is 5.32 Å². The molecular formula is C22H23N5O2. The molecule has 2 bridgehead atoms. The fraction of sp³-hybridized carbons (Fsp3) is 0.409. The quantitative estimate of drug-likeness (QED) is 0.548. The fourth-order valence-electron chi connectivity index (χ4n) is 4.98. The van der Waals surface area contributed by atoms with E-state index in [4.69, 9.17) is 9.62 Å². The number of aliphatic hydroxyl groups is 1. The van der Waals surface area contributed by atoms with Gasteiger partial charge >= 0.3 is 0 Å². The highest BCUT2D eigenvalue weighted by atomic mass is 16.5. The van der Waals surface area contributed by atoms with E-state index in [9.17, 15) is 5.11 Å². The molecule has 0 radical (unpaired) electrons. The first-order chi connectivity index (χ1) is 14.0. The number of aromatic nitrogens is 4. The van der Waals surface area contributed by atoms with Gasteiger partial charge in [-0.05, 0) is 75.8 Å². The van der Waals surface area contributed by atoms with Gasteiger partial charge in [-0.2, -0.15) is 0 Å². The van der Waals surface area contributed by atoms with Gasteiger partial charge in [-0.1, -0.05) is 5.16 Å². The Bertz CT molecular complexity index is 1220. The second kappa shape index (κ2) is 5.79. The van der Waals surface area contributed by atoms with Gasteiger partial charge in [0.05, 0.1) is 23.2 Å². The summed E-state index contributed by atoms with van der Waals surface area (Å²) in [6.45, 7) is 1.94. The number of hydrogen-bond acceptors (Lipinski definition) is 6. The van der Waals surface area contributed by atoms with Crippen LogP contribution in [0, 0.1) is 6.92 Å². The van der Waals surface area contributed by atoms with Gasteiger partial charge in [0.2, 0.25) is 0 Å². The lowest BCUT2D eigenvalue weighted by molar-refractivity contribution is -0.0580. The predicted molar refractivity (Wildman–Crippen MR) is 110 cm³/mol. The largest absolute Gasteiger partial charge is 0.390 e. The summed E-state index contributed by atoms with van der Waals surface area (Å²) in [5, 5.41) is 24.1. The van der Waals surface area contributed by atoms with E-state index < -0.39 is 5.60 Å². The zero-order chi connectivity index (χ0) is 19.6. The Morgan fingerprint density at radius 1 is 1.07 bits per heavy atom. The van der Waals surface area contributed by atoms with Crippen molar-refractivity contribution in [3.63, 3.8) is 0 Å². The molecule has 0 amide bonds. The Morgan fingerprint density at radius 2 is 1.86 bits per heavy atom. The molecule has 7 heteroatoms. The van der Waals surface area contributed by atoms with Gasteiger partial charge < -0.3 is 14.9 Å². The number of nitrogens with zero attached hydrogens (tertiary/aromatic N) is 4. The molecule has 3 aliphatic carbocycles. The summed E-state index contributed by atoms with van der Waals surface area (Å²) in [4.78, 5) is 4.53. The van der Waals surface area contributed by atoms with Crippen molar-refractivity contribution < 1.29 is 9.63 Å². The van der Waals surface area contributed by atoms with Crippen LogP contribution in [-0.2, 0) is 0 Å². The first-order valence-corrected chi connectivity index (χ1v) is 10.2. The molecule has 4 aromatic rings. The normalized spacial score (nSPS) is 26.4. The van der Waals surface area contributed by atoms with E-state index in [1.54, 1.807) is 0 Å². The average Bonchev–Trinajstić information content (AvgIpc) is 3.32. The van der Waals surface area contributed by atoms with Gasteiger partial charge in [0.1, 0.15) is 5.82 Å². The molecule has 0 unspecified atom stereocenters. The molecule has 148 valence electrons. The number of fused-ring (bicyclic) bond motifs is 5. The van der Waals surface area contributed by atoms with Crippen molar-refractivity contribution in [3.05, 3.63) is 42.2 Å². The molecule has 3 aromatic heterocycles. The number of nitrogens with one attached hydrogen (secondary N) is 1. The molecule has 1 aromatic carbocycles. The van der Waals surface area contributed by atoms with Crippen molar-refractivity contribution in [2.75, 3.05) is 5.32 Å². The van der Waals surface area contributed by atoms with Gasteiger partial charge in [-0.3, -0.25) is 0 Å². The Morgan fingerprint density at radius 3 is 2.66 bits per heavy atom. The molecule has 7 rings (SSSR count). The second-order valence-corrected chi connectivity index (χ2v) is 8.74. The lowest BCUT2D eigenvalue weighted by Gasteiger charge is -2.51. The van der Waals surface area contributed by atoms with E-state index in [1.165, 1.54) is 0 Å². The molecule has 29 heavy (non-hydrogen) atoms. The monoisotopic (exact) mass is 389 g/mol. The van der Waals surface area contributed by atoms with E-state index in [2.05, 4.69) is 21.5 Å². The summed E-state index contributed by atoms with van der Waals surface area (Å²) >= 11 is 0. The van der Waals surface area contributed by atoms with Crippen LogP contribution in [0.2, 0.25) is 0 Å². The maximum atomic E-state index is 10.5. The molecule has 3 fully saturated rings. The minimum Gasteiger partial charge on any atom is -0.390 e. The van der Waals surface area contributed by atoms with Gasteiger partial charge in [0, 0.05) is 16.5 Å². The number of anilines is 1. The second-order valence-electron chi connectivity index (χ2n) is 8.74. The van der Waals surface area contributed by atoms with E-state index in [1.807, 2.05) is 41.9 Å². The number of benzene rings is 1. The summed E-state index contributed by atoms with van der Waals surface area (Å²) in [7, 11) is 0. The Kier molecular flexibility index (Phi) is 3.39. The summed E-state index contributed by atoms with van der Waals surface area (Å²) in [5.74, 6) is 0.853. The maximum absolute atomic E-state index is 10.5. The summed E-state index contributed by atoms with van der Waals surface area (Å²) in [6.07, 6.45) is 7.44. The Balaban J connectivity index is 1.38. The highest BCUT2D eigenvalue weighted by molar-refractivity contribution is 5.84. The zero-order valence-electron chi connectivity index (χ0n) is 16.4. The lowest BCUT2D eigenvalue weighted by Crippen LogP contribution is -2.53. The molecule has 0 atom stereocenters. The zero-order valence-corrected chi connectivity index (χ0v) is 16.4. The van der Waals surface area contributed by atoms with Crippen molar-refractivity contribution >= 4 is 22.4 Å². The number of aryl methyl sites for hydroxylation is 1. The number of rotatable bonds is 3. The first kappa shape index (κ1) is 17.0. The van der Waals surface area contributed by atoms with Crippen molar-refractivity contribution in [1.82, 2.24) is 19.8 Å². The van der Waals surface area contributed by atoms with Crippen LogP contribution in [0.4, 0.5) is 5.82 Å². The Hall–Kier alpha value is -2.93.